The molecule has 3 nitrogen and oxygen atoms in total. The number of rotatable bonds is 3. The zero-order valence-electron chi connectivity index (χ0n) is 11.3. The average Bonchev–Trinajstić information content (AvgIpc) is 2.38. The van der Waals surface area contributed by atoms with Crippen molar-refractivity contribution in [1.82, 2.24) is 4.90 Å². The SMILES string of the molecule is CC1CCCC(CN)N1C(=O)Cc1cccc(Cl)c1. The summed E-state index contributed by atoms with van der Waals surface area (Å²) in [5.41, 5.74) is 6.76. The predicted molar refractivity (Wildman–Crippen MR) is 78.2 cm³/mol. The van der Waals surface area contributed by atoms with Crippen LogP contribution >= 0.6 is 11.6 Å². The van der Waals surface area contributed by atoms with E-state index >= 15 is 0 Å². The highest BCUT2D eigenvalue weighted by molar-refractivity contribution is 6.30. The second-order valence-corrected chi connectivity index (χ2v) is 5.71. The Balaban J connectivity index is 2.09. The van der Waals surface area contributed by atoms with Gasteiger partial charge in [0.05, 0.1) is 6.42 Å². The van der Waals surface area contributed by atoms with Crippen LogP contribution in [0, 0.1) is 0 Å². The van der Waals surface area contributed by atoms with Crippen molar-refractivity contribution in [3.05, 3.63) is 34.9 Å². The van der Waals surface area contributed by atoms with E-state index in [0.717, 1.165) is 24.8 Å². The van der Waals surface area contributed by atoms with Crippen LogP contribution in [0.5, 0.6) is 0 Å². The minimum atomic E-state index is 0.157. The Kier molecular flexibility index (Phi) is 4.83. The number of nitrogens with zero attached hydrogens (tertiary/aromatic N) is 1. The molecule has 2 unspecified atom stereocenters. The lowest BCUT2D eigenvalue weighted by molar-refractivity contribution is -0.136. The van der Waals surface area contributed by atoms with Gasteiger partial charge in [-0.2, -0.15) is 0 Å². The van der Waals surface area contributed by atoms with Crippen LogP contribution in [0.2, 0.25) is 5.02 Å². The summed E-state index contributed by atoms with van der Waals surface area (Å²) in [5, 5.41) is 0.673. The molecule has 2 N–H and O–H groups in total. The summed E-state index contributed by atoms with van der Waals surface area (Å²) in [7, 11) is 0. The molecule has 1 aliphatic heterocycles. The molecule has 1 aromatic rings. The van der Waals surface area contributed by atoms with Gasteiger partial charge in [0.1, 0.15) is 0 Å². The maximum atomic E-state index is 12.5. The number of amides is 1. The lowest BCUT2D eigenvalue weighted by atomic mass is 9.95. The first-order valence-electron chi connectivity index (χ1n) is 6.87. The zero-order valence-corrected chi connectivity index (χ0v) is 12.1. The molecule has 1 saturated heterocycles. The van der Waals surface area contributed by atoms with Gasteiger partial charge in [0.15, 0.2) is 0 Å². The number of hydrogen-bond donors (Lipinski definition) is 1. The lowest BCUT2D eigenvalue weighted by Gasteiger charge is -2.40. The zero-order chi connectivity index (χ0) is 13.8. The molecule has 1 heterocycles. The Morgan fingerprint density at radius 1 is 1.47 bits per heavy atom. The van der Waals surface area contributed by atoms with Gasteiger partial charge in [-0.05, 0) is 43.9 Å². The van der Waals surface area contributed by atoms with Crippen molar-refractivity contribution < 1.29 is 4.79 Å². The number of carbonyl (C=O) groups is 1. The fourth-order valence-electron chi connectivity index (χ4n) is 2.88. The molecule has 0 spiro atoms. The Morgan fingerprint density at radius 3 is 2.95 bits per heavy atom. The Hall–Kier alpha value is -1.06. The molecule has 4 heteroatoms. The summed E-state index contributed by atoms with van der Waals surface area (Å²) in [6, 6.07) is 7.97. The van der Waals surface area contributed by atoms with E-state index in [4.69, 9.17) is 17.3 Å². The molecule has 1 amide bonds. The highest BCUT2D eigenvalue weighted by atomic mass is 35.5. The lowest BCUT2D eigenvalue weighted by Crippen LogP contribution is -2.52. The Morgan fingerprint density at radius 2 is 2.26 bits per heavy atom. The molecule has 1 aliphatic rings. The van der Waals surface area contributed by atoms with E-state index < -0.39 is 0 Å². The van der Waals surface area contributed by atoms with E-state index in [0.29, 0.717) is 18.0 Å². The molecule has 2 atom stereocenters. The van der Waals surface area contributed by atoms with Gasteiger partial charge in [-0.25, -0.2) is 0 Å². The maximum absolute atomic E-state index is 12.5. The number of hydrogen-bond acceptors (Lipinski definition) is 2. The largest absolute Gasteiger partial charge is 0.335 e. The van der Waals surface area contributed by atoms with Gasteiger partial charge in [0.2, 0.25) is 5.91 Å². The normalized spacial score (nSPS) is 23.4. The van der Waals surface area contributed by atoms with Gasteiger partial charge >= 0.3 is 0 Å². The van der Waals surface area contributed by atoms with Gasteiger partial charge in [-0.1, -0.05) is 23.7 Å². The van der Waals surface area contributed by atoms with E-state index in [2.05, 4.69) is 6.92 Å². The van der Waals surface area contributed by atoms with Crippen molar-refractivity contribution >= 4 is 17.5 Å². The van der Waals surface area contributed by atoms with Crippen LogP contribution in [0.4, 0.5) is 0 Å². The number of carbonyl (C=O) groups excluding carboxylic acids is 1. The van der Waals surface area contributed by atoms with Gasteiger partial charge in [0, 0.05) is 23.7 Å². The molecule has 0 saturated carbocycles. The van der Waals surface area contributed by atoms with Crippen molar-refractivity contribution in [1.29, 1.82) is 0 Å². The fraction of sp³-hybridized carbons (Fsp3) is 0.533. The van der Waals surface area contributed by atoms with Gasteiger partial charge in [-0.15, -0.1) is 0 Å². The quantitative estimate of drug-likeness (QED) is 0.925. The summed E-state index contributed by atoms with van der Waals surface area (Å²) < 4.78 is 0. The summed E-state index contributed by atoms with van der Waals surface area (Å²) in [6.45, 7) is 2.66. The van der Waals surface area contributed by atoms with Gasteiger partial charge < -0.3 is 10.6 Å². The third-order valence-electron chi connectivity index (χ3n) is 3.83. The molecule has 104 valence electrons. The second-order valence-electron chi connectivity index (χ2n) is 5.28. The molecule has 1 fully saturated rings. The summed E-state index contributed by atoms with van der Waals surface area (Å²) in [4.78, 5) is 14.5. The van der Waals surface area contributed by atoms with Crippen LogP contribution in [0.3, 0.4) is 0 Å². The van der Waals surface area contributed by atoms with E-state index in [1.54, 1.807) is 0 Å². The first-order chi connectivity index (χ1) is 9.11. The molecule has 2 rings (SSSR count). The number of likely N-dealkylation sites (tertiary alicyclic amines) is 1. The first-order valence-corrected chi connectivity index (χ1v) is 7.25. The maximum Gasteiger partial charge on any atom is 0.227 e. The molecule has 19 heavy (non-hydrogen) atoms. The molecular weight excluding hydrogens is 260 g/mol. The molecular formula is C15H21ClN2O. The molecule has 0 bridgehead atoms. The van der Waals surface area contributed by atoms with Crippen molar-refractivity contribution in [3.8, 4) is 0 Å². The molecule has 0 aromatic heterocycles. The standard InChI is InChI=1S/C15H21ClN2O/c1-11-4-2-7-14(10-17)18(11)15(19)9-12-5-3-6-13(16)8-12/h3,5-6,8,11,14H,2,4,7,9-10,17H2,1H3. The number of piperidine rings is 1. The van der Waals surface area contributed by atoms with E-state index in [-0.39, 0.29) is 18.0 Å². The van der Waals surface area contributed by atoms with Gasteiger partial charge in [0.25, 0.3) is 0 Å². The predicted octanol–water partition coefficient (Wildman–Crippen LogP) is 2.61. The number of nitrogens with two attached hydrogens (primary N) is 1. The van der Waals surface area contributed by atoms with Crippen LogP contribution in [0.15, 0.2) is 24.3 Å². The summed E-state index contributed by atoms with van der Waals surface area (Å²) in [6.07, 6.45) is 3.64. The van der Waals surface area contributed by atoms with Crippen molar-refractivity contribution in [3.63, 3.8) is 0 Å². The van der Waals surface area contributed by atoms with Crippen LogP contribution in [0.1, 0.15) is 31.7 Å². The summed E-state index contributed by atoms with van der Waals surface area (Å²) >= 11 is 5.95. The van der Waals surface area contributed by atoms with Crippen molar-refractivity contribution in [2.45, 2.75) is 44.7 Å². The van der Waals surface area contributed by atoms with Crippen LogP contribution in [0.25, 0.3) is 0 Å². The fourth-order valence-corrected chi connectivity index (χ4v) is 3.09. The van der Waals surface area contributed by atoms with E-state index in [1.165, 1.54) is 0 Å². The van der Waals surface area contributed by atoms with Crippen LogP contribution in [-0.2, 0) is 11.2 Å². The van der Waals surface area contributed by atoms with Gasteiger partial charge in [-0.3, -0.25) is 4.79 Å². The first kappa shape index (κ1) is 14.4. The Labute approximate surface area is 119 Å². The minimum absolute atomic E-state index is 0.157. The monoisotopic (exact) mass is 280 g/mol. The number of halogens is 1. The molecule has 0 radical (unpaired) electrons. The second kappa shape index (κ2) is 6.40. The Bertz CT molecular complexity index is 450. The summed E-state index contributed by atoms with van der Waals surface area (Å²) in [5.74, 6) is 0.157. The van der Waals surface area contributed by atoms with Crippen LogP contribution < -0.4 is 5.73 Å². The minimum Gasteiger partial charge on any atom is -0.335 e. The van der Waals surface area contributed by atoms with Crippen molar-refractivity contribution in [2.24, 2.45) is 5.73 Å². The van der Waals surface area contributed by atoms with Crippen LogP contribution in [-0.4, -0.2) is 29.4 Å². The third-order valence-corrected chi connectivity index (χ3v) is 4.07. The smallest absolute Gasteiger partial charge is 0.227 e. The average molecular weight is 281 g/mol. The third kappa shape index (κ3) is 3.48. The van der Waals surface area contributed by atoms with Crippen molar-refractivity contribution in [2.75, 3.05) is 6.54 Å². The highest BCUT2D eigenvalue weighted by Gasteiger charge is 2.30. The molecule has 0 aliphatic carbocycles. The number of benzene rings is 1. The topological polar surface area (TPSA) is 46.3 Å². The van der Waals surface area contributed by atoms with E-state index in [1.807, 2.05) is 29.2 Å². The highest BCUT2D eigenvalue weighted by Crippen LogP contribution is 2.23. The molecule has 1 aromatic carbocycles. The van der Waals surface area contributed by atoms with E-state index in [9.17, 15) is 4.79 Å².